The first-order valence-corrected chi connectivity index (χ1v) is 8.20. The summed E-state index contributed by atoms with van der Waals surface area (Å²) in [6.45, 7) is 6.21. The second kappa shape index (κ2) is 7.11. The van der Waals surface area contributed by atoms with Crippen molar-refractivity contribution < 1.29 is 14.3 Å². The molecule has 5 nitrogen and oxygen atoms in total. The summed E-state index contributed by atoms with van der Waals surface area (Å²) in [7, 11) is 0. The summed E-state index contributed by atoms with van der Waals surface area (Å²) in [6.07, 6.45) is 6.64. The van der Waals surface area contributed by atoms with Crippen LogP contribution in [0.4, 0.5) is 0 Å². The molecule has 1 saturated heterocycles. The number of carbonyl (C=O) groups excluding carboxylic acids is 2. The van der Waals surface area contributed by atoms with Gasteiger partial charge in [-0.15, -0.1) is 0 Å². The van der Waals surface area contributed by atoms with Gasteiger partial charge in [-0.25, -0.2) is 0 Å². The van der Waals surface area contributed by atoms with Crippen LogP contribution in [-0.2, 0) is 20.7 Å². The molecule has 1 N–H and O–H groups in total. The number of esters is 1. The van der Waals surface area contributed by atoms with Crippen LogP contribution in [0.25, 0.3) is 0 Å². The van der Waals surface area contributed by atoms with Gasteiger partial charge in [0.15, 0.2) is 0 Å². The quantitative estimate of drug-likeness (QED) is 0.848. The minimum atomic E-state index is -0.663. The largest absolute Gasteiger partial charge is 0.460 e. The predicted molar refractivity (Wildman–Crippen MR) is 87.7 cm³/mol. The molecular formula is C18H26N2O3. The van der Waals surface area contributed by atoms with E-state index in [0.29, 0.717) is 13.0 Å². The number of nitrogens with zero attached hydrogens (tertiary/aromatic N) is 1. The molecule has 1 atom stereocenters. The number of aryl methyl sites for hydroxylation is 1. The maximum Gasteiger partial charge on any atom is 0.307 e. The summed E-state index contributed by atoms with van der Waals surface area (Å²) in [4.78, 5) is 28.8. The van der Waals surface area contributed by atoms with E-state index in [-0.39, 0.29) is 18.3 Å². The predicted octanol–water partition coefficient (Wildman–Crippen LogP) is 2.64. The molecule has 1 aromatic heterocycles. The van der Waals surface area contributed by atoms with Crippen LogP contribution in [0, 0.1) is 5.41 Å². The van der Waals surface area contributed by atoms with Crippen molar-refractivity contribution in [2.75, 3.05) is 6.54 Å². The Labute approximate surface area is 137 Å². The topological polar surface area (TPSA) is 68.3 Å². The Balaban J connectivity index is 2.09. The molecule has 126 valence electrons. The number of pyridine rings is 1. The van der Waals surface area contributed by atoms with Gasteiger partial charge in [0.1, 0.15) is 5.60 Å². The van der Waals surface area contributed by atoms with Crippen LogP contribution in [0.3, 0.4) is 0 Å². The first kappa shape index (κ1) is 17.4. The highest BCUT2D eigenvalue weighted by Crippen LogP contribution is 2.37. The van der Waals surface area contributed by atoms with Crippen molar-refractivity contribution >= 4 is 11.9 Å². The molecule has 23 heavy (non-hydrogen) atoms. The number of piperidine rings is 1. The number of amides is 1. The summed E-state index contributed by atoms with van der Waals surface area (Å²) >= 11 is 0. The molecule has 1 fully saturated rings. The molecule has 0 aliphatic carbocycles. The number of hydrogen-bond donors (Lipinski definition) is 1. The van der Waals surface area contributed by atoms with Gasteiger partial charge in [0, 0.05) is 18.9 Å². The lowest BCUT2D eigenvalue weighted by Gasteiger charge is -2.36. The lowest BCUT2D eigenvalue weighted by atomic mass is 9.73. The van der Waals surface area contributed by atoms with Crippen molar-refractivity contribution in [3.63, 3.8) is 0 Å². The van der Waals surface area contributed by atoms with Gasteiger partial charge in [0.2, 0.25) is 5.91 Å². The minimum absolute atomic E-state index is 0.0244. The number of ether oxygens (including phenoxy) is 1. The first-order chi connectivity index (χ1) is 10.8. The Morgan fingerprint density at radius 3 is 2.65 bits per heavy atom. The monoisotopic (exact) mass is 318 g/mol. The Kier molecular flexibility index (Phi) is 5.39. The molecule has 1 aromatic rings. The first-order valence-electron chi connectivity index (χ1n) is 8.20. The zero-order valence-electron chi connectivity index (χ0n) is 14.2. The lowest BCUT2D eigenvalue weighted by molar-refractivity contribution is -0.161. The van der Waals surface area contributed by atoms with E-state index in [4.69, 9.17) is 4.74 Å². The maximum atomic E-state index is 12.5. The zero-order valence-corrected chi connectivity index (χ0v) is 14.2. The molecule has 0 aromatic carbocycles. The lowest BCUT2D eigenvalue weighted by Crippen LogP contribution is -2.48. The molecule has 0 bridgehead atoms. The third kappa shape index (κ3) is 5.05. The number of hydrogen-bond acceptors (Lipinski definition) is 4. The Morgan fingerprint density at radius 2 is 2.04 bits per heavy atom. The maximum absolute atomic E-state index is 12.5. The fraction of sp³-hybridized carbons (Fsp3) is 0.611. The molecule has 0 spiro atoms. The second-order valence-electron chi connectivity index (χ2n) is 7.26. The van der Waals surface area contributed by atoms with E-state index in [0.717, 1.165) is 24.8 Å². The smallest absolute Gasteiger partial charge is 0.307 e. The van der Waals surface area contributed by atoms with E-state index >= 15 is 0 Å². The highest BCUT2D eigenvalue weighted by atomic mass is 16.6. The minimum Gasteiger partial charge on any atom is -0.460 e. The van der Waals surface area contributed by atoms with Gasteiger partial charge >= 0.3 is 5.97 Å². The highest BCUT2D eigenvalue weighted by Gasteiger charge is 2.42. The molecule has 2 heterocycles. The summed E-state index contributed by atoms with van der Waals surface area (Å²) in [5, 5.41) is 2.92. The van der Waals surface area contributed by atoms with Crippen LogP contribution < -0.4 is 5.32 Å². The van der Waals surface area contributed by atoms with E-state index in [1.54, 1.807) is 12.4 Å². The number of nitrogens with one attached hydrogen (secondary N) is 1. The van der Waals surface area contributed by atoms with Gasteiger partial charge in [0.05, 0.1) is 11.8 Å². The van der Waals surface area contributed by atoms with Crippen LogP contribution >= 0.6 is 0 Å². The molecular weight excluding hydrogens is 292 g/mol. The van der Waals surface area contributed by atoms with Crippen LogP contribution in [0.1, 0.15) is 52.0 Å². The van der Waals surface area contributed by atoms with Gasteiger partial charge in [-0.05, 0) is 64.2 Å². The normalized spacial score (nSPS) is 21.6. The Bertz CT molecular complexity index is 551. The molecule has 1 unspecified atom stereocenters. The average molecular weight is 318 g/mol. The number of aromatic nitrogens is 1. The van der Waals surface area contributed by atoms with E-state index in [1.165, 1.54) is 0 Å². The van der Waals surface area contributed by atoms with Gasteiger partial charge in [-0.3, -0.25) is 14.6 Å². The highest BCUT2D eigenvalue weighted by molar-refractivity contribution is 5.88. The summed E-state index contributed by atoms with van der Waals surface area (Å²) in [5.41, 5.74) is -0.0693. The third-order valence-corrected chi connectivity index (χ3v) is 4.14. The summed E-state index contributed by atoms with van der Waals surface area (Å²) < 4.78 is 5.44. The standard InChI is InChI=1S/C18H26N2O3/c1-17(2,3)23-15(21)13-18(8-4-10-20-16(18)22)9-5-14-6-11-19-12-7-14/h6-7,11-12H,4-5,8-10,13H2,1-3H3,(H,20,22). The van der Waals surface area contributed by atoms with E-state index in [9.17, 15) is 9.59 Å². The number of rotatable bonds is 5. The van der Waals surface area contributed by atoms with E-state index < -0.39 is 11.0 Å². The average Bonchev–Trinajstić information content (AvgIpc) is 2.47. The zero-order chi connectivity index (χ0) is 16.9. The Morgan fingerprint density at radius 1 is 1.35 bits per heavy atom. The van der Waals surface area contributed by atoms with Gasteiger partial charge in [-0.2, -0.15) is 0 Å². The van der Waals surface area contributed by atoms with Crippen LogP contribution in [-0.4, -0.2) is 29.0 Å². The van der Waals surface area contributed by atoms with Crippen molar-refractivity contribution in [1.29, 1.82) is 0 Å². The van der Waals surface area contributed by atoms with E-state index in [1.807, 2.05) is 32.9 Å². The molecule has 1 aliphatic rings. The van der Waals surface area contributed by atoms with Crippen molar-refractivity contribution in [1.82, 2.24) is 10.3 Å². The molecule has 0 saturated carbocycles. The van der Waals surface area contributed by atoms with E-state index in [2.05, 4.69) is 10.3 Å². The fourth-order valence-corrected chi connectivity index (χ4v) is 3.01. The molecule has 1 amide bonds. The molecule has 2 rings (SSSR count). The molecule has 5 heteroatoms. The Hall–Kier alpha value is -1.91. The van der Waals surface area contributed by atoms with Gasteiger partial charge in [0.25, 0.3) is 0 Å². The van der Waals surface area contributed by atoms with Crippen molar-refractivity contribution in [3.8, 4) is 0 Å². The van der Waals surface area contributed by atoms with Gasteiger partial charge < -0.3 is 10.1 Å². The van der Waals surface area contributed by atoms with Crippen molar-refractivity contribution in [2.24, 2.45) is 5.41 Å². The summed E-state index contributed by atoms with van der Waals surface area (Å²) in [5.74, 6) is -0.326. The number of carbonyl (C=O) groups is 2. The summed E-state index contributed by atoms with van der Waals surface area (Å²) in [6, 6.07) is 3.89. The second-order valence-corrected chi connectivity index (χ2v) is 7.26. The fourth-order valence-electron chi connectivity index (χ4n) is 3.01. The van der Waals surface area contributed by atoms with Crippen LogP contribution in [0.5, 0.6) is 0 Å². The van der Waals surface area contributed by atoms with Crippen LogP contribution in [0.15, 0.2) is 24.5 Å². The van der Waals surface area contributed by atoms with Crippen molar-refractivity contribution in [3.05, 3.63) is 30.1 Å². The molecule has 1 aliphatic heterocycles. The SMILES string of the molecule is CC(C)(C)OC(=O)CC1(CCc2ccncc2)CCCNC1=O. The van der Waals surface area contributed by atoms with Crippen LogP contribution in [0.2, 0.25) is 0 Å². The third-order valence-electron chi connectivity index (χ3n) is 4.14. The molecule has 0 radical (unpaired) electrons. The van der Waals surface area contributed by atoms with Gasteiger partial charge in [-0.1, -0.05) is 0 Å². The van der Waals surface area contributed by atoms with Crippen molar-refractivity contribution in [2.45, 2.75) is 58.5 Å².